The molecule has 0 N–H and O–H groups in total. The molecule has 0 saturated carbocycles. The minimum Gasteiger partial charge on any atom is -0.463 e. The fraction of sp³-hybridized carbons (Fsp3) is 0.889. The van der Waals surface area contributed by atoms with Crippen LogP contribution in [-0.4, -0.2) is 61.9 Å². The van der Waals surface area contributed by atoms with E-state index in [1.54, 1.807) is 6.92 Å². The number of rotatable bonds is 4. The molecule has 0 spiro atoms. The van der Waals surface area contributed by atoms with Crippen molar-refractivity contribution >= 4 is 31.7 Å². The third-order valence-corrected chi connectivity index (χ3v) is 4.40. The average Bonchev–Trinajstić information content (AvgIpc) is 2.20. The largest absolute Gasteiger partial charge is 0.463 e. The molecule has 1 saturated heterocycles. The number of hydrogen-bond acceptors (Lipinski definition) is 5. The standard InChI is InChI=1S/C9H16BrNO4S/c1-8(10)9(12)15-5-2-11-3-6-16(13,14)7-4-11/h8H,2-7H2,1H3. The molecule has 1 aliphatic heterocycles. The van der Waals surface area contributed by atoms with Gasteiger partial charge in [0.15, 0.2) is 9.84 Å². The van der Waals surface area contributed by atoms with Crippen LogP contribution in [0.3, 0.4) is 0 Å². The third-order valence-electron chi connectivity index (χ3n) is 2.41. The lowest BCUT2D eigenvalue weighted by Crippen LogP contribution is -2.42. The van der Waals surface area contributed by atoms with Gasteiger partial charge in [-0.15, -0.1) is 0 Å². The van der Waals surface area contributed by atoms with Crippen LogP contribution in [0.2, 0.25) is 0 Å². The Morgan fingerprint density at radius 2 is 2.00 bits per heavy atom. The molecule has 0 amide bonds. The molecule has 0 bridgehead atoms. The minimum absolute atomic E-state index is 0.204. The number of carbonyl (C=O) groups excluding carboxylic acids is 1. The van der Waals surface area contributed by atoms with Crippen molar-refractivity contribution in [2.24, 2.45) is 0 Å². The van der Waals surface area contributed by atoms with E-state index in [0.717, 1.165) is 0 Å². The molecule has 16 heavy (non-hydrogen) atoms. The molecule has 5 nitrogen and oxygen atoms in total. The Morgan fingerprint density at radius 1 is 1.44 bits per heavy atom. The first-order valence-corrected chi connectivity index (χ1v) is 7.88. The van der Waals surface area contributed by atoms with Gasteiger partial charge in [0.1, 0.15) is 11.4 Å². The normalized spacial score (nSPS) is 22.6. The number of hydrogen-bond donors (Lipinski definition) is 0. The summed E-state index contributed by atoms with van der Waals surface area (Å²) >= 11 is 3.11. The van der Waals surface area contributed by atoms with Crippen molar-refractivity contribution in [3.63, 3.8) is 0 Å². The van der Waals surface area contributed by atoms with Gasteiger partial charge in [0, 0.05) is 19.6 Å². The lowest BCUT2D eigenvalue weighted by molar-refractivity contribution is -0.142. The molecular weight excluding hydrogens is 298 g/mol. The van der Waals surface area contributed by atoms with Gasteiger partial charge in [0.2, 0.25) is 0 Å². The van der Waals surface area contributed by atoms with E-state index >= 15 is 0 Å². The Bertz CT molecular complexity index is 327. The number of ether oxygens (including phenoxy) is 1. The van der Waals surface area contributed by atoms with Gasteiger partial charge in [-0.2, -0.15) is 0 Å². The predicted molar refractivity (Wildman–Crippen MR) is 64.4 cm³/mol. The molecule has 1 atom stereocenters. The van der Waals surface area contributed by atoms with Gasteiger partial charge >= 0.3 is 5.97 Å². The van der Waals surface area contributed by atoms with Crippen LogP contribution in [0.1, 0.15) is 6.92 Å². The second-order valence-corrected chi connectivity index (χ2v) is 7.45. The van der Waals surface area contributed by atoms with Gasteiger partial charge in [0.05, 0.1) is 11.5 Å². The van der Waals surface area contributed by atoms with Gasteiger partial charge in [-0.1, -0.05) is 15.9 Å². The van der Waals surface area contributed by atoms with Crippen molar-refractivity contribution in [3.05, 3.63) is 0 Å². The predicted octanol–water partition coefficient (Wildman–Crippen LogP) is 0.0434. The Balaban J connectivity index is 2.18. The van der Waals surface area contributed by atoms with Crippen LogP contribution in [0.5, 0.6) is 0 Å². The van der Waals surface area contributed by atoms with Crippen LogP contribution in [0.4, 0.5) is 0 Å². The molecule has 1 unspecified atom stereocenters. The number of halogens is 1. The molecule has 7 heteroatoms. The van der Waals surface area contributed by atoms with E-state index in [2.05, 4.69) is 15.9 Å². The quantitative estimate of drug-likeness (QED) is 0.542. The zero-order valence-corrected chi connectivity index (χ0v) is 11.6. The molecule has 1 aliphatic rings. The molecule has 0 aliphatic carbocycles. The maximum Gasteiger partial charge on any atom is 0.319 e. The van der Waals surface area contributed by atoms with E-state index in [-0.39, 0.29) is 22.3 Å². The van der Waals surface area contributed by atoms with Gasteiger partial charge < -0.3 is 4.74 Å². The van der Waals surface area contributed by atoms with Crippen LogP contribution in [0.25, 0.3) is 0 Å². The summed E-state index contributed by atoms with van der Waals surface area (Å²) < 4.78 is 27.3. The summed E-state index contributed by atoms with van der Waals surface area (Å²) in [7, 11) is -2.83. The van der Waals surface area contributed by atoms with E-state index in [1.807, 2.05) is 4.90 Å². The summed E-state index contributed by atoms with van der Waals surface area (Å²) in [6, 6.07) is 0. The molecule has 1 heterocycles. The molecule has 0 aromatic carbocycles. The highest BCUT2D eigenvalue weighted by Crippen LogP contribution is 2.04. The molecule has 1 fully saturated rings. The third kappa shape index (κ3) is 4.80. The highest BCUT2D eigenvalue weighted by molar-refractivity contribution is 9.10. The van der Waals surface area contributed by atoms with Crippen LogP contribution in [-0.2, 0) is 19.4 Å². The maximum atomic E-state index is 11.1. The van der Waals surface area contributed by atoms with E-state index in [0.29, 0.717) is 26.2 Å². The monoisotopic (exact) mass is 313 g/mol. The molecule has 0 radical (unpaired) electrons. The number of alkyl halides is 1. The molecule has 0 aromatic rings. The van der Waals surface area contributed by atoms with Crippen molar-refractivity contribution in [2.75, 3.05) is 37.7 Å². The van der Waals surface area contributed by atoms with Crippen LogP contribution in [0, 0.1) is 0 Å². The maximum absolute atomic E-state index is 11.1. The number of carbonyl (C=O) groups is 1. The summed E-state index contributed by atoms with van der Waals surface area (Å²) in [5.41, 5.74) is 0. The second-order valence-electron chi connectivity index (χ2n) is 3.78. The topological polar surface area (TPSA) is 63.7 Å². The van der Waals surface area contributed by atoms with Crippen molar-refractivity contribution in [3.8, 4) is 0 Å². The Labute approximate surface area is 104 Å². The summed E-state index contributed by atoms with van der Waals surface area (Å²) in [6.45, 7) is 3.68. The fourth-order valence-electron chi connectivity index (χ4n) is 1.36. The molecule has 0 aromatic heterocycles. The minimum atomic E-state index is -2.83. The average molecular weight is 314 g/mol. The highest BCUT2D eigenvalue weighted by atomic mass is 79.9. The molecular formula is C9H16BrNO4S. The summed E-state index contributed by atoms with van der Waals surface area (Å²) in [5, 5.41) is 0. The van der Waals surface area contributed by atoms with Crippen LogP contribution in [0.15, 0.2) is 0 Å². The van der Waals surface area contributed by atoms with Crippen molar-refractivity contribution in [2.45, 2.75) is 11.8 Å². The number of sulfone groups is 1. The van der Waals surface area contributed by atoms with E-state index in [1.165, 1.54) is 0 Å². The summed E-state index contributed by atoms with van der Waals surface area (Å²) in [5.74, 6) is 0.121. The van der Waals surface area contributed by atoms with E-state index in [4.69, 9.17) is 4.74 Å². The Hall–Kier alpha value is -0.140. The van der Waals surface area contributed by atoms with Gasteiger partial charge in [-0.25, -0.2) is 8.42 Å². The highest BCUT2D eigenvalue weighted by Gasteiger charge is 2.21. The molecule has 1 rings (SSSR count). The number of esters is 1. The second kappa shape index (κ2) is 5.97. The first-order chi connectivity index (χ1) is 7.41. The van der Waals surface area contributed by atoms with Gasteiger partial charge in [-0.3, -0.25) is 9.69 Å². The van der Waals surface area contributed by atoms with Crippen LogP contribution < -0.4 is 0 Å². The lowest BCUT2D eigenvalue weighted by Gasteiger charge is -2.26. The Kier molecular flexibility index (Phi) is 5.20. The number of nitrogens with zero attached hydrogens (tertiary/aromatic N) is 1. The molecule has 94 valence electrons. The fourth-order valence-corrected chi connectivity index (χ4v) is 2.77. The summed E-state index contributed by atoms with van der Waals surface area (Å²) in [6.07, 6.45) is 0. The zero-order valence-electron chi connectivity index (χ0n) is 9.19. The van der Waals surface area contributed by atoms with Crippen molar-refractivity contribution < 1.29 is 17.9 Å². The smallest absolute Gasteiger partial charge is 0.319 e. The van der Waals surface area contributed by atoms with Crippen LogP contribution >= 0.6 is 15.9 Å². The Morgan fingerprint density at radius 3 is 2.50 bits per heavy atom. The zero-order chi connectivity index (χ0) is 12.2. The summed E-state index contributed by atoms with van der Waals surface area (Å²) in [4.78, 5) is 12.8. The van der Waals surface area contributed by atoms with E-state index in [9.17, 15) is 13.2 Å². The SMILES string of the molecule is CC(Br)C(=O)OCCN1CCS(=O)(=O)CC1. The van der Waals surface area contributed by atoms with Gasteiger partial charge in [-0.05, 0) is 6.92 Å². The van der Waals surface area contributed by atoms with Crippen molar-refractivity contribution in [1.82, 2.24) is 4.90 Å². The van der Waals surface area contributed by atoms with E-state index < -0.39 is 9.84 Å². The van der Waals surface area contributed by atoms with Gasteiger partial charge in [0.25, 0.3) is 0 Å². The van der Waals surface area contributed by atoms with Crippen molar-refractivity contribution in [1.29, 1.82) is 0 Å². The first kappa shape index (κ1) is 13.9. The first-order valence-electron chi connectivity index (χ1n) is 5.14. The lowest BCUT2D eigenvalue weighted by atomic mass is 10.4.